The summed E-state index contributed by atoms with van der Waals surface area (Å²) in [4.78, 5) is 49.8. The number of carbonyl (C=O) groups excluding carboxylic acids is 3. The van der Waals surface area contributed by atoms with Gasteiger partial charge in [0.2, 0.25) is 5.52 Å². The number of hydrogen-bond donors (Lipinski definition) is 1. The van der Waals surface area contributed by atoms with E-state index in [4.69, 9.17) is 0 Å². The molecule has 0 aromatic heterocycles. The molecule has 0 amide bonds. The molecule has 0 saturated carbocycles. The van der Waals surface area contributed by atoms with Gasteiger partial charge in [-0.25, -0.2) is 0 Å². The van der Waals surface area contributed by atoms with Crippen LogP contribution in [0.3, 0.4) is 0 Å². The Labute approximate surface area is 281 Å². The molecule has 0 aromatic rings. The van der Waals surface area contributed by atoms with Crippen molar-refractivity contribution in [3.05, 3.63) is 0 Å². The first-order valence-corrected chi connectivity index (χ1v) is 21.0. The number of unbranched alkanes of at least 4 members (excludes halogenated alkanes) is 24. The number of carbonyl (C=O) groups is 3. The van der Waals surface area contributed by atoms with Crippen LogP contribution in [0.25, 0.3) is 0 Å². The zero-order chi connectivity index (χ0) is 33.6. The lowest BCUT2D eigenvalue weighted by molar-refractivity contribution is -0.861. The predicted octanol–water partition coefficient (Wildman–Crippen LogP) is 11.3. The quantitative estimate of drug-likeness (QED) is 0.0319. The zero-order valence-corrected chi connectivity index (χ0v) is 31.8. The monoisotopic (exact) mass is 655 g/mol. The van der Waals surface area contributed by atoms with E-state index >= 15 is 0 Å². The van der Waals surface area contributed by atoms with Gasteiger partial charge in [0.1, 0.15) is 26.3 Å². The lowest BCUT2D eigenvalue weighted by Crippen LogP contribution is -2.39. The number of hydrogen-bond acceptors (Lipinski definition) is 4. The summed E-state index contributed by atoms with van der Waals surface area (Å²) < 4.78 is 0.433. The SMILES string of the molecule is CCCCCCCCCCCCCCCC(=O)C(CP(O)C(=O)C[N+](C)(C)C)C(=O)CCCCCCCCCCCCCCC. The van der Waals surface area contributed by atoms with Crippen LogP contribution in [0, 0.1) is 5.92 Å². The lowest BCUT2D eigenvalue weighted by Gasteiger charge is -2.25. The molecule has 5 nitrogen and oxygen atoms in total. The molecule has 0 aliphatic rings. The van der Waals surface area contributed by atoms with Crippen LogP contribution in [0.15, 0.2) is 0 Å². The fourth-order valence-corrected chi connectivity index (χ4v) is 7.67. The van der Waals surface area contributed by atoms with Gasteiger partial charge in [0.25, 0.3) is 0 Å². The van der Waals surface area contributed by atoms with Crippen molar-refractivity contribution in [2.45, 2.75) is 194 Å². The van der Waals surface area contributed by atoms with Crippen LogP contribution < -0.4 is 0 Å². The summed E-state index contributed by atoms with van der Waals surface area (Å²) in [6.07, 6.45) is 33.3. The van der Waals surface area contributed by atoms with Crippen molar-refractivity contribution in [1.29, 1.82) is 0 Å². The van der Waals surface area contributed by atoms with Crippen molar-refractivity contribution in [2.75, 3.05) is 33.8 Å². The molecule has 266 valence electrons. The third-order valence-electron chi connectivity index (χ3n) is 9.08. The molecule has 1 atom stereocenters. The van der Waals surface area contributed by atoms with Gasteiger partial charge in [-0.15, -0.1) is 0 Å². The highest BCUT2D eigenvalue weighted by Crippen LogP contribution is 2.36. The molecule has 0 aliphatic carbocycles. The fraction of sp³-hybridized carbons (Fsp3) is 0.923. The minimum Gasteiger partial charge on any atom is -0.366 e. The molecule has 0 bridgehead atoms. The summed E-state index contributed by atoms with van der Waals surface area (Å²) in [7, 11) is 3.76. The molecule has 6 heteroatoms. The molecule has 0 radical (unpaired) electrons. The molecule has 0 heterocycles. The molecule has 0 saturated heterocycles. The Kier molecular flexibility index (Phi) is 30.2. The molecular weight excluding hydrogens is 577 g/mol. The van der Waals surface area contributed by atoms with Gasteiger partial charge in [-0.05, 0) is 12.8 Å². The highest BCUT2D eigenvalue weighted by molar-refractivity contribution is 7.69. The summed E-state index contributed by atoms with van der Waals surface area (Å²) in [5, 5.41) is 0. The van der Waals surface area contributed by atoms with Crippen molar-refractivity contribution in [2.24, 2.45) is 5.92 Å². The Morgan fingerprint density at radius 2 is 0.756 bits per heavy atom. The van der Waals surface area contributed by atoms with Crippen molar-refractivity contribution in [3.8, 4) is 0 Å². The van der Waals surface area contributed by atoms with Crippen molar-refractivity contribution >= 4 is 25.2 Å². The predicted molar refractivity (Wildman–Crippen MR) is 196 cm³/mol. The number of ketones is 2. The summed E-state index contributed by atoms with van der Waals surface area (Å²) in [5.41, 5.74) is -0.218. The normalized spacial score (nSPS) is 12.6. The first-order valence-electron chi connectivity index (χ1n) is 19.5. The van der Waals surface area contributed by atoms with Gasteiger partial charge in [0.05, 0.1) is 27.1 Å². The van der Waals surface area contributed by atoms with Gasteiger partial charge in [0.15, 0.2) is 0 Å². The van der Waals surface area contributed by atoms with Crippen LogP contribution in [0.2, 0.25) is 0 Å². The molecule has 0 rings (SSSR count). The van der Waals surface area contributed by atoms with Gasteiger partial charge >= 0.3 is 0 Å². The second-order valence-electron chi connectivity index (χ2n) is 14.9. The second kappa shape index (κ2) is 30.7. The van der Waals surface area contributed by atoms with E-state index in [9.17, 15) is 19.3 Å². The standard InChI is InChI=1S/C39H77NO4P/c1-6-8-10-12-14-16-18-20-22-24-26-28-30-32-37(41)36(35-45(44)39(43)34-40(3,4)5)38(42)33-31-29-27-25-23-21-19-17-15-13-11-9-7-2/h36,44H,6-35H2,1-5H3/q+1. The summed E-state index contributed by atoms with van der Waals surface area (Å²) in [6.45, 7) is 4.74. The molecule has 45 heavy (non-hydrogen) atoms. The second-order valence-corrected chi connectivity index (χ2v) is 16.6. The smallest absolute Gasteiger partial charge is 0.234 e. The van der Waals surface area contributed by atoms with Gasteiger partial charge in [-0.2, -0.15) is 0 Å². The topological polar surface area (TPSA) is 71.4 Å². The minimum atomic E-state index is -1.98. The largest absolute Gasteiger partial charge is 0.366 e. The zero-order valence-electron chi connectivity index (χ0n) is 30.9. The van der Waals surface area contributed by atoms with Crippen LogP contribution >= 0.6 is 8.15 Å². The Bertz CT molecular complexity index is 678. The van der Waals surface area contributed by atoms with Gasteiger partial charge in [0, 0.05) is 19.0 Å². The van der Waals surface area contributed by atoms with Crippen molar-refractivity contribution in [3.63, 3.8) is 0 Å². The van der Waals surface area contributed by atoms with E-state index in [0.717, 1.165) is 38.5 Å². The van der Waals surface area contributed by atoms with Gasteiger partial charge in [-0.1, -0.05) is 168 Å². The fourth-order valence-electron chi connectivity index (χ4n) is 6.13. The average Bonchev–Trinajstić information content (AvgIpc) is 2.99. The number of quaternary nitrogens is 1. The van der Waals surface area contributed by atoms with Crippen LogP contribution in [-0.2, 0) is 14.4 Å². The summed E-state index contributed by atoms with van der Waals surface area (Å²) >= 11 is 0. The number of Topliss-reactive ketones (excluding diaryl/α,β-unsaturated/α-hetero) is 2. The van der Waals surface area contributed by atoms with Crippen LogP contribution in [0.4, 0.5) is 0 Å². The molecule has 1 unspecified atom stereocenters. The van der Waals surface area contributed by atoms with E-state index in [2.05, 4.69) is 13.8 Å². The van der Waals surface area contributed by atoms with Crippen LogP contribution in [0.1, 0.15) is 194 Å². The highest BCUT2D eigenvalue weighted by atomic mass is 31.1. The number of likely N-dealkylation sites (N-methyl/N-ethyl adjacent to an activating group) is 1. The Hall–Kier alpha value is -0.640. The summed E-state index contributed by atoms with van der Waals surface area (Å²) in [6, 6.07) is 0. The number of nitrogens with zero attached hydrogens (tertiary/aromatic N) is 1. The Balaban J connectivity index is 4.38. The molecule has 1 N–H and O–H groups in total. The molecular formula is C39H77NO4P+. The number of rotatable bonds is 35. The van der Waals surface area contributed by atoms with E-state index in [0.29, 0.717) is 17.3 Å². The average molecular weight is 655 g/mol. The van der Waals surface area contributed by atoms with Gasteiger partial charge in [-0.3, -0.25) is 14.4 Å². The van der Waals surface area contributed by atoms with E-state index in [-0.39, 0.29) is 29.8 Å². The van der Waals surface area contributed by atoms with E-state index in [1.165, 1.54) is 128 Å². The van der Waals surface area contributed by atoms with E-state index in [1.54, 1.807) is 0 Å². The van der Waals surface area contributed by atoms with E-state index < -0.39 is 14.1 Å². The first kappa shape index (κ1) is 44.4. The molecule has 0 aliphatic heterocycles. The van der Waals surface area contributed by atoms with Crippen LogP contribution in [-0.4, -0.2) is 60.3 Å². The molecule has 0 spiro atoms. The third kappa shape index (κ3) is 29.2. The summed E-state index contributed by atoms with van der Waals surface area (Å²) in [5.74, 6) is -0.929. The van der Waals surface area contributed by atoms with Crippen molar-refractivity contribution < 1.29 is 23.8 Å². The van der Waals surface area contributed by atoms with Crippen LogP contribution in [0.5, 0.6) is 0 Å². The maximum atomic E-state index is 13.2. The Morgan fingerprint density at radius 1 is 0.489 bits per heavy atom. The Morgan fingerprint density at radius 3 is 1.02 bits per heavy atom. The third-order valence-corrected chi connectivity index (χ3v) is 10.5. The first-order chi connectivity index (χ1) is 21.6. The molecule has 0 fully saturated rings. The molecule has 0 aromatic carbocycles. The van der Waals surface area contributed by atoms with Crippen molar-refractivity contribution in [1.82, 2.24) is 0 Å². The van der Waals surface area contributed by atoms with Gasteiger partial charge < -0.3 is 9.38 Å². The van der Waals surface area contributed by atoms with E-state index in [1.807, 2.05) is 21.1 Å². The highest BCUT2D eigenvalue weighted by Gasteiger charge is 2.32. The maximum Gasteiger partial charge on any atom is 0.234 e. The lowest BCUT2D eigenvalue weighted by atomic mass is 9.93. The maximum absolute atomic E-state index is 13.2. The minimum absolute atomic E-state index is 0.0166.